The van der Waals surface area contributed by atoms with Gasteiger partial charge in [0.1, 0.15) is 5.60 Å². The van der Waals surface area contributed by atoms with Crippen LogP contribution < -0.4 is 9.47 Å². The molecule has 0 saturated carbocycles. The molecule has 3 saturated heterocycles. The number of hydrogen-bond donors (Lipinski definition) is 0. The van der Waals surface area contributed by atoms with Gasteiger partial charge in [-0.15, -0.1) is 0 Å². The van der Waals surface area contributed by atoms with E-state index in [4.69, 9.17) is 18.9 Å². The van der Waals surface area contributed by atoms with E-state index in [1.165, 1.54) is 0 Å². The Balaban J connectivity index is 1.25. The number of methoxy groups -OCH3 is 1. The topological polar surface area (TPSA) is 60.5 Å². The monoisotopic (exact) mass is 444 g/mol. The summed E-state index contributed by atoms with van der Waals surface area (Å²) in [5.74, 6) is 2.11. The van der Waals surface area contributed by atoms with Gasteiger partial charge in [-0.25, -0.2) is 0 Å². The zero-order valence-corrected chi connectivity index (χ0v) is 19.6. The van der Waals surface area contributed by atoms with E-state index in [2.05, 4.69) is 29.7 Å². The Morgan fingerprint density at radius 1 is 1.16 bits per heavy atom. The van der Waals surface area contributed by atoms with Crippen molar-refractivity contribution in [1.29, 1.82) is 0 Å². The van der Waals surface area contributed by atoms with Crippen molar-refractivity contribution in [3.63, 3.8) is 0 Å². The summed E-state index contributed by atoms with van der Waals surface area (Å²) in [6, 6.07) is 6.07. The average Bonchev–Trinajstić information content (AvgIpc) is 2.80. The maximum absolute atomic E-state index is 12.8. The lowest BCUT2D eigenvalue weighted by Crippen LogP contribution is -2.55. The minimum absolute atomic E-state index is 0.0236. The fourth-order valence-corrected chi connectivity index (χ4v) is 5.93. The quantitative estimate of drug-likeness (QED) is 0.715. The van der Waals surface area contributed by atoms with Crippen LogP contribution in [0.3, 0.4) is 0 Å². The molecule has 0 unspecified atom stereocenters. The number of fused-ring (bicyclic) bond motifs is 3. The standard InChI is InChI=1S/C25H36N2O5/c1-24(2)19-15-25(17-31-22(19)18-5-4-6-20(29-3)23(18)32-24)7-9-27(10-8-25)21(28)16-26-11-13-30-14-12-26/h4-6,19,22H,7-17H2,1-3H3/t19-,22+/m0/s1. The molecular formula is C25H36N2O5. The number of para-hydroxylation sites is 1. The van der Waals surface area contributed by atoms with Crippen molar-refractivity contribution in [3.05, 3.63) is 23.8 Å². The van der Waals surface area contributed by atoms with Crippen LogP contribution in [0.1, 0.15) is 44.8 Å². The second kappa shape index (κ2) is 8.50. The predicted molar refractivity (Wildman–Crippen MR) is 120 cm³/mol. The van der Waals surface area contributed by atoms with Crippen molar-refractivity contribution in [3.8, 4) is 11.5 Å². The summed E-state index contributed by atoms with van der Waals surface area (Å²) in [6.45, 7) is 10.4. The van der Waals surface area contributed by atoms with E-state index in [0.717, 1.165) is 82.3 Å². The van der Waals surface area contributed by atoms with Crippen molar-refractivity contribution in [2.75, 3.05) is 59.7 Å². The highest BCUT2D eigenvalue weighted by molar-refractivity contribution is 5.78. The van der Waals surface area contributed by atoms with Crippen LogP contribution in [-0.2, 0) is 14.3 Å². The lowest BCUT2D eigenvalue weighted by atomic mass is 9.64. The Hall–Kier alpha value is -1.83. The summed E-state index contributed by atoms with van der Waals surface area (Å²) in [4.78, 5) is 17.1. The summed E-state index contributed by atoms with van der Waals surface area (Å²) in [7, 11) is 1.68. The van der Waals surface area contributed by atoms with Gasteiger partial charge in [-0.2, -0.15) is 0 Å². The maximum atomic E-state index is 12.8. The first kappa shape index (κ1) is 22.0. The molecular weight excluding hydrogens is 408 g/mol. The minimum Gasteiger partial charge on any atom is -0.493 e. The number of hydrogen-bond acceptors (Lipinski definition) is 6. The van der Waals surface area contributed by atoms with Gasteiger partial charge in [0, 0.05) is 37.7 Å². The number of carbonyl (C=O) groups excluding carboxylic acids is 1. The third kappa shape index (κ3) is 3.99. The Kier molecular flexibility index (Phi) is 5.84. The molecule has 0 aromatic heterocycles. The average molecular weight is 445 g/mol. The Morgan fingerprint density at radius 3 is 2.62 bits per heavy atom. The highest BCUT2D eigenvalue weighted by Gasteiger charge is 2.53. The van der Waals surface area contributed by atoms with Gasteiger partial charge >= 0.3 is 0 Å². The summed E-state index contributed by atoms with van der Waals surface area (Å²) in [5, 5.41) is 0. The molecule has 7 nitrogen and oxygen atoms in total. The lowest BCUT2D eigenvalue weighted by molar-refractivity contribution is -0.176. The van der Waals surface area contributed by atoms with Crippen molar-refractivity contribution in [1.82, 2.24) is 9.80 Å². The zero-order valence-electron chi connectivity index (χ0n) is 19.6. The first-order valence-corrected chi connectivity index (χ1v) is 12.0. The third-order valence-corrected chi connectivity index (χ3v) is 8.02. The molecule has 0 radical (unpaired) electrons. The Labute approximate surface area is 190 Å². The molecule has 3 fully saturated rings. The van der Waals surface area contributed by atoms with Gasteiger partial charge in [-0.1, -0.05) is 12.1 Å². The highest BCUT2D eigenvalue weighted by atomic mass is 16.5. The number of nitrogens with zero attached hydrogens (tertiary/aromatic N) is 2. The molecule has 1 amide bonds. The van der Waals surface area contributed by atoms with Gasteiger partial charge in [-0.3, -0.25) is 9.69 Å². The first-order valence-electron chi connectivity index (χ1n) is 12.0. The minimum atomic E-state index is -0.344. The van der Waals surface area contributed by atoms with E-state index in [9.17, 15) is 4.79 Å². The van der Waals surface area contributed by atoms with Crippen LogP contribution in [0.2, 0.25) is 0 Å². The first-order chi connectivity index (χ1) is 15.4. The molecule has 1 spiro atoms. The van der Waals surface area contributed by atoms with Crippen molar-refractivity contribution < 1.29 is 23.7 Å². The third-order valence-electron chi connectivity index (χ3n) is 8.02. The number of amides is 1. The second-order valence-corrected chi connectivity index (χ2v) is 10.4. The van der Waals surface area contributed by atoms with Crippen LogP contribution in [0.15, 0.2) is 18.2 Å². The lowest BCUT2D eigenvalue weighted by Gasteiger charge is -2.54. The number of likely N-dealkylation sites (tertiary alicyclic amines) is 1. The molecule has 4 aliphatic rings. The molecule has 5 rings (SSSR count). The van der Waals surface area contributed by atoms with Crippen LogP contribution in [0.5, 0.6) is 11.5 Å². The van der Waals surface area contributed by atoms with Crippen molar-refractivity contribution in [2.24, 2.45) is 11.3 Å². The SMILES string of the molecule is COc1cccc2c1OC(C)(C)[C@H]1CC3(CCN(C(=O)CN4CCOCC4)CC3)CO[C@H]21. The van der Waals surface area contributed by atoms with E-state index in [1.807, 2.05) is 12.1 Å². The van der Waals surface area contributed by atoms with E-state index >= 15 is 0 Å². The van der Waals surface area contributed by atoms with E-state index in [-0.39, 0.29) is 28.9 Å². The Bertz CT molecular complexity index is 843. The zero-order chi connectivity index (χ0) is 22.3. The van der Waals surface area contributed by atoms with E-state index < -0.39 is 0 Å². The smallest absolute Gasteiger partial charge is 0.236 e. The molecule has 0 aliphatic carbocycles. The maximum Gasteiger partial charge on any atom is 0.236 e. The van der Waals surface area contributed by atoms with Crippen molar-refractivity contribution in [2.45, 2.75) is 44.8 Å². The predicted octanol–water partition coefficient (Wildman–Crippen LogP) is 2.88. The van der Waals surface area contributed by atoms with Gasteiger partial charge in [-0.05, 0) is 44.6 Å². The second-order valence-electron chi connectivity index (χ2n) is 10.4. The summed E-state index contributed by atoms with van der Waals surface area (Å²) in [6.07, 6.45) is 3.07. The summed E-state index contributed by atoms with van der Waals surface area (Å²) < 4.78 is 24.1. The van der Waals surface area contributed by atoms with Crippen LogP contribution in [0, 0.1) is 11.3 Å². The molecule has 7 heteroatoms. The van der Waals surface area contributed by atoms with Crippen LogP contribution in [0.4, 0.5) is 0 Å². The molecule has 1 aromatic carbocycles. The number of ether oxygens (including phenoxy) is 4. The largest absolute Gasteiger partial charge is 0.493 e. The number of rotatable bonds is 3. The molecule has 1 aromatic rings. The fourth-order valence-electron chi connectivity index (χ4n) is 5.93. The van der Waals surface area contributed by atoms with E-state index in [1.54, 1.807) is 7.11 Å². The molecule has 4 aliphatic heterocycles. The van der Waals surface area contributed by atoms with Gasteiger partial charge in [0.05, 0.1) is 39.6 Å². The van der Waals surface area contributed by atoms with E-state index in [0.29, 0.717) is 6.54 Å². The summed E-state index contributed by atoms with van der Waals surface area (Å²) in [5.41, 5.74) is 0.873. The number of piperidine rings is 1. The highest BCUT2D eigenvalue weighted by Crippen LogP contribution is 2.57. The van der Waals surface area contributed by atoms with Crippen LogP contribution in [-0.4, -0.2) is 81.0 Å². The van der Waals surface area contributed by atoms with Gasteiger partial charge in [0.2, 0.25) is 5.91 Å². The van der Waals surface area contributed by atoms with Gasteiger partial charge in [0.25, 0.3) is 0 Å². The van der Waals surface area contributed by atoms with Gasteiger partial charge < -0.3 is 23.8 Å². The van der Waals surface area contributed by atoms with Crippen molar-refractivity contribution >= 4 is 5.91 Å². The molecule has 2 atom stereocenters. The number of carbonyl (C=O) groups is 1. The molecule has 4 heterocycles. The van der Waals surface area contributed by atoms with Gasteiger partial charge in [0.15, 0.2) is 11.5 Å². The fraction of sp³-hybridized carbons (Fsp3) is 0.720. The number of morpholine rings is 1. The number of benzene rings is 1. The summed E-state index contributed by atoms with van der Waals surface area (Å²) >= 11 is 0. The molecule has 0 N–H and O–H groups in total. The molecule has 32 heavy (non-hydrogen) atoms. The van der Waals surface area contributed by atoms with Crippen LogP contribution in [0.25, 0.3) is 0 Å². The normalized spacial score (nSPS) is 29.0. The molecule has 176 valence electrons. The van der Waals surface area contributed by atoms with Crippen LogP contribution >= 0.6 is 0 Å². The molecule has 0 bridgehead atoms. The Morgan fingerprint density at radius 2 is 1.91 bits per heavy atom.